The monoisotopic (exact) mass is 344 g/mol. The van der Waals surface area contributed by atoms with Crippen molar-refractivity contribution in [3.63, 3.8) is 0 Å². The van der Waals surface area contributed by atoms with Crippen LogP contribution in [0, 0.1) is 0 Å². The molecular weight excluding hydrogens is 320 g/mol. The SMILES string of the molecule is COc1cccc(Oc2ccc(N)c(CN(C(=O)O)C(C)(C)C)c2)c1. The van der Waals surface area contributed by atoms with E-state index in [-0.39, 0.29) is 6.54 Å². The number of hydrogen-bond acceptors (Lipinski definition) is 4. The van der Waals surface area contributed by atoms with Crippen molar-refractivity contribution >= 4 is 11.8 Å². The van der Waals surface area contributed by atoms with Crippen molar-refractivity contribution in [1.82, 2.24) is 4.90 Å². The van der Waals surface area contributed by atoms with E-state index in [0.717, 1.165) is 0 Å². The highest BCUT2D eigenvalue weighted by Gasteiger charge is 2.26. The van der Waals surface area contributed by atoms with Crippen LogP contribution in [-0.4, -0.2) is 28.7 Å². The fraction of sp³-hybridized carbons (Fsp3) is 0.316. The molecule has 2 aromatic carbocycles. The lowest BCUT2D eigenvalue weighted by atomic mass is 10.0. The number of carboxylic acid groups (broad SMARTS) is 1. The minimum Gasteiger partial charge on any atom is -0.497 e. The van der Waals surface area contributed by atoms with Crippen LogP contribution in [-0.2, 0) is 6.54 Å². The first-order valence-electron chi connectivity index (χ1n) is 7.91. The van der Waals surface area contributed by atoms with Crippen molar-refractivity contribution < 1.29 is 19.4 Å². The molecule has 6 heteroatoms. The van der Waals surface area contributed by atoms with Gasteiger partial charge in [0.25, 0.3) is 0 Å². The number of benzene rings is 2. The number of rotatable bonds is 5. The maximum Gasteiger partial charge on any atom is 0.408 e. The second-order valence-corrected chi connectivity index (χ2v) is 6.68. The van der Waals surface area contributed by atoms with Gasteiger partial charge in [0.2, 0.25) is 0 Å². The van der Waals surface area contributed by atoms with E-state index in [9.17, 15) is 9.90 Å². The van der Waals surface area contributed by atoms with Gasteiger partial charge in [-0.2, -0.15) is 0 Å². The number of hydrogen-bond donors (Lipinski definition) is 2. The summed E-state index contributed by atoms with van der Waals surface area (Å²) in [4.78, 5) is 12.9. The summed E-state index contributed by atoms with van der Waals surface area (Å²) in [6.07, 6.45) is -0.994. The first-order valence-corrected chi connectivity index (χ1v) is 7.91. The van der Waals surface area contributed by atoms with Crippen LogP contribution in [0.2, 0.25) is 0 Å². The van der Waals surface area contributed by atoms with Gasteiger partial charge in [-0.3, -0.25) is 4.90 Å². The number of ether oxygens (including phenoxy) is 2. The second kappa shape index (κ2) is 7.34. The number of nitrogens with two attached hydrogens (primary N) is 1. The highest BCUT2D eigenvalue weighted by atomic mass is 16.5. The number of amides is 1. The number of nitrogens with zero attached hydrogens (tertiary/aromatic N) is 1. The Balaban J connectivity index is 2.26. The van der Waals surface area contributed by atoms with Crippen molar-refractivity contribution in [2.24, 2.45) is 0 Å². The fourth-order valence-corrected chi connectivity index (χ4v) is 2.35. The minimum atomic E-state index is -0.994. The Bertz CT molecular complexity index is 753. The van der Waals surface area contributed by atoms with Gasteiger partial charge >= 0.3 is 6.09 Å². The molecule has 0 radical (unpaired) electrons. The van der Waals surface area contributed by atoms with Gasteiger partial charge in [0.15, 0.2) is 0 Å². The average molecular weight is 344 g/mol. The zero-order valence-corrected chi connectivity index (χ0v) is 14.9. The lowest BCUT2D eigenvalue weighted by molar-refractivity contribution is 0.0956. The Hall–Kier alpha value is -2.89. The molecule has 0 heterocycles. The number of anilines is 1. The third-order valence-corrected chi connectivity index (χ3v) is 3.76. The molecule has 1 amide bonds. The normalized spacial score (nSPS) is 11.0. The molecule has 0 aliphatic carbocycles. The Kier molecular flexibility index (Phi) is 5.41. The quantitative estimate of drug-likeness (QED) is 0.788. The Morgan fingerprint density at radius 3 is 2.36 bits per heavy atom. The second-order valence-electron chi connectivity index (χ2n) is 6.68. The van der Waals surface area contributed by atoms with Gasteiger partial charge < -0.3 is 20.3 Å². The summed E-state index contributed by atoms with van der Waals surface area (Å²) in [5.74, 6) is 1.90. The van der Waals surface area contributed by atoms with Gasteiger partial charge in [-0.1, -0.05) is 6.07 Å². The van der Waals surface area contributed by atoms with E-state index in [0.29, 0.717) is 28.5 Å². The van der Waals surface area contributed by atoms with Crippen LogP contribution in [0.15, 0.2) is 42.5 Å². The Morgan fingerprint density at radius 1 is 1.12 bits per heavy atom. The first kappa shape index (κ1) is 18.4. The van der Waals surface area contributed by atoms with Gasteiger partial charge in [0.1, 0.15) is 17.2 Å². The predicted molar refractivity (Wildman–Crippen MR) is 97.2 cm³/mol. The maximum absolute atomic E-state index is 11.5. The highest BCUT2D eigenvalue weighted by molar-refractivity contribution is 5.66. The van der Waals surface area contributed by atoms with Crippen LogP contribution < -0.4 is 15.2 Å². The molecule has 0 fully saturated rings. The summed E-state index contributed by atoms with van der Waals surface area (Å²) in [6.45, 7) is 5.70. The van der Waals surface area contributed by atoms with Crippen molar-refractivity contribution in [2.45, 2.75) is 32.9 Å². The van der Waals surface area contributed by atoms with Gasteiger partial charge in [-0.15, -0.1) is 0 Å². The van der Waals surface area contributed by atoms with Crippen molar-refractivity contribution in [2.75, 3.05) is 12.8 Å². The molecule has 0 unspecified atom stereocenters. The molecular formula is C19H24N2O4. The summed E-state index contributed by atoms with van der Waals surface area (Å²) in [5.41, 5.74) is 6.70. The number of nitrogen functional groups attached to an aromatic ring is 1. The van der Waals surface area contributed by atoms with Gasteiger partial charge in [0.05, 0.1) is 13.7 Å². The summed E-state index contributed by atoms with van der Waals surface area (Å²) in [5, 5.41) is 9.46. The molecule has 6 nitrogen and oxygen atoms in total. The first-order chi connectivity index (χ1) is 11.7. The smallest absolute Gasteiger partial charge is 0.408 e. The molecule has 0 bridgehead atoms. The van der Waals surface area contributed by atoms with Crippen LogP contribution in [0.25, 0.3) is 0 Å². The zero-order chi connectivity index (χ0) is 18.6. The standard InChI is InChI=1S/C19H24N2O4/c1-19(2,3)21(18(22)23)12-13-10-16(8-9-17(13)20)25-15-7-5-6-14(11-15)24-4/h5-11H,12,20H2,1-4H3,(H,22,23). The van der Waals surface area contributed by atoms with Crippen LogP contribution in [0.5, 0.6) is 17.2 Å². The maximum atomic E-state index is 11.5. The lowest BCUT2D eigenvalue weighted by Crippen LogP contribution is -2.44. The van der Waals surface area contributed by atoms with Crippen molar-refractivity contribution in [3.05, 3.63) is 48.0 Å². The van der Waals surface area contributed by atoms with Gasteiger partial charge in [-0.25, -0.2) is 4.79 Å². The third-order valence-electron chi connectivity index (χ3n) is 3.76. The van der Waals surface area contributed by atoms with E-state index in [1.54, 1.807) is 31.4 Å². The third kappa shape index (κ3) is 4.79. The molecule has 2 rings (SSSR count). The van der Waals surface area contributed by atoms with Gasteiger partial charge in [0, 0.05) is 17.3 Å². The molecule has 134 valence electrons. The Morgan fingerprint density at radius 2 is 1.76 bits per heavy atom. The van der Waals surface area contributed by atoms with Crippen LogP contribution in [0.1, 0.15) is 26.3 Å². The molecule has 0 saturated carbocycles. The average Bonchev–Trinajstić information content (AvgIpc) is 2.54. The lowest BCUT2D eigenvalue weighted by Gasteiger charge is -2.33. The molecule has 0 aliphatic heterocycles. The summed E-state index contributed by atoms with van der Waals surface area (Å²) in [6, 6.07) is 12.5. The van der Waals surface area contributed by atoms with E-state index < -0.39 is 11.6 Å². The van der Waals surface area contributed by atoms with Gasteiger partial charge in [-0.05, 0) is 56.7 Å². The van der Waals surface area contributed by atoms with E-state index in [2.05, 4.69) is 0 Å². The van der Waals surface area contributed by atoms with E-state index >= 15 is 0 Å². The van der Waals surface area contributed by atoms with Crippen LogP contribution in [0.3, 0.4) is 0 Å². The summed E-state index contributed by atoms with van der Waals surface area (Å²) in [7, 11) is 1.59. The molecule has 0 spiro atoms. The largest absolute Gasteiger partial charge is 0.497 e. The molecule has 2 aromatic rings. The van der Waals surface area contributed by atoms with E-state index in [4.69, 9.17) is 15.2 Å². The molecule has 3 N–H and O–H groups in total. The molecule has 0 aliphatic rings. The van der Waals surface area contributed by atoms with Crippen molar-refractivity contribution in [3.8, 4) is 17.2 Å². The number of carbonyl (C=O) groups is 1. The highest BCUT2D eigenvalue weighted by Crippen LogP contribution is 2.29. The predicted octanol–water partition coefficient (Wildman–Crippen LogP) is 4.35. The summed E-state index contributed by atoms with van der Waals surface area (Å²) < 4.78 is 11.0. The van der Waals surface area contributed by atoms with E-state index in [1.165, 1.54) is 4.90 Å². The van der Waals surface area contributed by atoms with E-state index in [1.807, 2.05) is 39.0 Å². The van der Waals surface area contributed by atoms with Crippen molar-refractivity contribution in [1.29, 1.82) is 0 Å². The molecule has 0 saturated heterocycles. The minimum absolute atomic E-state index is 0.181. The molecule has 0 aromatic heterocycles. The zero-order valence-electron chi connectivity index (χ0n) is 14.9. The fourth-order valence-electron chi connectivity index (χ4n) is 2.35. The van der Waals surface area contributed by atoms with Crippen LogP contribution in [0.4, 0.5) is 10.5 Å². The molecule has 25 heavy (non-hydrogen) atoms. The number of methoxy groups -OCH3 is 1. The van der Waals surface area contributed by atoms with Crippen LogP contribution >= 0.6 is 0 Å². The Labute approximate surface area is 147 Å². The summed E-state index contributed by atoms with van der Waals surface area (Å²) >= 11 is 0. The molecule has 0 atom stereocenters. The topological polar surface area (TPSA) is 85.0 Å².